The Morgan fingerprint density at radius 3 is 2.89 bits per heavy atom. The van der Waals surface area contributed by atoms with Crippen molar-refractivity contribution in [3.63, 3.8) is 0 Å². The minimum atomic E-state index is 0.00125. The molecule has 2 bridgehead atoms. The largest absolute Gasteiger partial charge is 0.384 e. The molecule has 2 aliphatic carbocycles. The zero-order valence-electron chi connectivity index (χ0n) is 11.4. The van der Waals surface area contributed by atoms with Crippen LogP contribution >= 0.6 is 0 Å². The summed E-state index contributed by atoms with van der Waals surface area (Å²) < 4.78 is 0. The van der Waals surface area contributed by atoms with E-state index in [4.69, 9.17) is 5.73 Å². The third-order valence-corrected chi connectivity index (χ3v) is 4.58. The summed E-state index contributed by atoms with van der Waals surface area (Å²) in [6, 6.07) is 3.88. The van der Waals surface area contributed by atoms with E-state index in [2.05, 4.69) is 10.3 Å². The number of hydrogen-bond donors (Lipinski definition) is 2. The van der Waals surface area contributed by atoms with Gasteiger partial charge in [-0.2, -0.15) is 0 Å². The Bertz CT molecular complexity index is 500. The predicted molar refractivity (Wildman–Crippen MR) is 74.7 cm³/mol. The van der Waals surface area contributed by atoms with E-state index in [0.717, 1.165) is 24.5 Å². The molecule has 4 nitrogen and oxygen atoms in total. The minimum absolute atomic E-state index is 0.00125. The summed E-state index contributed by atoms with van der Waals surface area (Å²) in [4.78, 5) is 16.5. The fraction of sp³-hybridized carbons (Fsp3) is 0.600. The lowest BCUT2D eigenvalue weighted by atomic mass is 9.95. The van der Waals surface area contributed by atoms with Gasteiger partial charge in [0.05, 0.1) is 0 Å². The van der Waals surface area contributed by atoms with Gasteiger partial charge in [-0.1, -0.05) is 13.3 Å². The molecule has 3 atom stereocenters. The lowest BCUT2D eigenvalue weighted by molar-refractivity contribution is 0.0922. The van der Waals surface area contributed by atoms with Gasteiger partial charge in [0.2, 0.25) is 0 Å². The highest BCUT2D eigenvalue weighted by Gasteiger charge is 2.40. The van der Waals surface area contributed by atoms with Gasteiger partial charge in [-0.25, -0.2) is 4.98 Å². The quantitative estimate of drug-likeness (QED) is 0.874. The molecule has 102 valence electrons. The van der Waals surface area contributed by atoms with Gasteiger partial charge in [0.15, 0.2) is 0 Å². The Labute approximate surface area is 113 Å². The lowest BCUT2D eigenvalue weighted by Crippen LogP contribution is -2.38. The third kappa shape index (κ3) is 2.44. The van der Waals surface area contributed by atoms with E-state index in [1.165, 1.54) is 19.3 Å². The number of aromatic nitrogens is 1. The molecule has 3 N–H and O–H groups in total. The van der Waals surface area contributed by atoms with Crippen molar-refractivity contribution in [3.8, 4) is 0 Å². The zero-order chi connectivity index (χ0) is 13.4. The number of pyridine rings is 1. The first-order valence-corrected chi connectivity index (χ1v) is 7.23. The second-order valence-electron chi connectivity index (χ2n) is 5.88. The molecule has 19 heavy (non-hydrogen) atoms. The van der Waals surface area contributed by atoms with Crippen LogP contribution in [0.1, 0.15) is 48.7 Å². The number of amides is 1. The van der Waals surface area contributed by atoms with Crippen molar-refractivity contribution in [2.24, 2.45) is 11.8 Å². The molecule has 2 fully saturated rings. The van der Waals surface area contributed by atoms with Crippen molar-refractivity contribution in [2.75, 3.05) is 5.73 Å². The summed E-state index contributed by atoms with van der Waals surface area (Å²) in [5.74, 6) is 1.96. The van der Waals surface area contributed by atoms with Gasteiger partial charge >= 0.3 is 0 Å². The SMILES string of the molecule is CCc1cc(C(=O)NC2CC3CCC2C3)cc(N)n1. The number of rotatable bonds is 3. The lowest BCUT2D eigenvalue weighted by Gasteiger charge is -2.23. The number of nitrogens with zero attached hydrogens (tertiary/aromatic N) is 1. The molecule has 2 aliphatic rings. The number of fused-ring (bicyclic) bond motifs is 2. The van der Waals surface area contributed by atoms with Crippen molar-refractivity contribution in [2.45, 2.75) is 45.1 Å². The van der Waals surface area contributed by atoms with Crippen LogP contribution in [0.3, 0.4) is 0 Å². The average Bonchev–Trinajstić information content (AvgIpc) is 3.00. The fourth-order valence-corrected chi connectivity index (χ4v) is 3.60. The molecule has 0 radical (unpaired) electrons. The first kappa shape index (κ1) is 12.5. The van der Waals surface area contributed by atoms with Crippen LogP contribution in [0.2, 0.25) is 0 Å². The molecule has 0 aliphatic heterocycles. The maximum atomic E-state index is 12.3. The summed E-state index contributed by atoms with van der Waals surface area (Å²) in [6.45, 7) is 2.01. The molecule has 0 aromatic carbocycles. The molecular formula is C15H21N3O. The van der Waals surface area contributed by atoms with E-state index >= 15 is 0 Å². The number of nitrogens with two attached hydrogens (primary N) is 1. The van der Waals surface area contributed by atoms with Crippen LogP contribution < -0.4 is 11.1 Å². The molecule has 3 rings (SSSR count). The van der Waals surface area contributed by atoms with Crippen LogP contribution in [0.5, 0.6) is 0 Å². The number of carbonyl (C=O) groups is 1. The molecule has 0 spiro atoms. The Balaban J connectivity index is 1.72. The Morgan fingerprint density at radius 1 is 1.42 bits per heavy atom. The molecule has 2 saturated carbocycles. The number of nitrogens with one attached hydrogen (secondary N) is 1. The summed E-state index contributed by atoms with van der Waals surface area (Å²) >= 11 is 0. The van der Waals surface area contributed by atoms with Gasteiger partial charge in [-0.3, -0.25) is 4.79 Å². The van der Waals surface area contributed by atoms with Crippen LogP contribution in [0, 0.1) is 11.8 Å². The predicted octanol–water partition coefficient (Wildman–Crippen LogP) is 2.14. The van der Waals surface area contributed by atoms with Crippen LogP contribution in [-0.4, -0.2) is 16.9 Å². The van der Waals surface area contributed by atoms with Gasteiger partial charge in [0, 0.05) is 17.3 Å². The van der Waals surface area contributed by atoms with Crippen LogP contribution in [-0.2, 0) is 6.42 Å². The molecule has 1 amide bonds. The normalized spacial score (nSPS) is 28.6. The second-order valence-corrected chi connectivity index (χ2v) is 5.88. The number of nitrogen functional groups attached to an aromatic ring is 1. The summed E-state index contributed by atoms with van der Waals surface area (Å²) in [6.07, 6.45) is 5.86. The fourth-order valence-electron chi connectivity index (χ4n) is 3.60. The first-order chi connectivity index (χ1) is 9.15. The molecule has 1 heterocycles. The molecule has 1 aromatic rings. The van der Waals surface area contributed by atoms with E-state index in [-0.39, 0.29) is 5.91 Å². The molecule has 0 saturated heterocycles. The highest BCUT2D eigenvalue weighted by Crippen LogP contribution is 2.44. The molecule has 4 heteroatoms. The van der Waals surface area contributed by atoms with Crippen molar-refractivity contribution in [1.29, 1.82) is 0 Å². The number of hydrogen-bond acceptors (Lipinski definition) is 3. The van der Waals surface area contributed by atoms with Crippen LogP contribution in [0.4, 0.5) is 5.82 Å². The van der Waals surface area contributed by atoms with Gasteiger partial charge in [-0.15, -0.1) is 0 Å². The van der Waals surface area contributed by atoms with Crippen molar-refractivity contribution < 1.29 is 4.79 Å². The summed E-state index contributed by atoms with van der Waals surface area (Å²) in [7, 11) is 0. The number of anilines is 1. The average molecular weight is 259 g/mol. The highest BCUT2D eigenvalue weighted by molar-refractivity contribution is 5.95. The molecular weight excluding hydrogens is 238 g/mol. The minimum Gasteiger partial charge on any atom is -0.384 e. The van der Waals surface area contributed by atoms with Crippen molar-refractivity contribution in [3.05, 3.63) is 23.4 Å². The maximum Gasteiger partial charge on any atom is 0.251 e. The molecule has 3 unspecified atom stereocenters. The second kappa shape index (κ2) is 4.83. The van der Waals surface area contributed by atoms with E-state index in [9.17, 15) is 4.79 Å². The van der Waals surface area contributed by atoms with Gasteiger partial charge in [0.1, 0.15) is 5.82 Å². The number of aryl methyl sites for hydroxylation is 1. The Kier molecular flexibility index (Phi) is 3.17. The Morgan fingerprint density at radius 2 is 2.26 bits per heavy atom. The van der Waals surface area contributed by atoms with Gasteiger partial charge < -0.3 is 11.1 Å². The zero-order valence-corrected chi connectivity index (χ0v) is 11.4. The van der Waals surface area contributed by atoms with Crippen LogP contribution in [0.25, 0.3) is 0 Å². The summed E-state index contributed by atoms with van der Waals surface area (Å²) in [5.41, 5.74) is 7.27. The number of carbonyl (C=O) groups excluding carboxylic acids is 1. The highest BCUT2D eigenvalue weighted by atomic mass is 16.1. The standard InChI is InChI=1S/C15H21N3O/c1-2-12-7-11(8-14(16)17-12)15(19)18-13-6-9-3-4-10(13)5-9/h7-10,13H,2-6H2,1H3,(H2,16,17)(H,18,19). The maximum absolute atomic E-state index is 12.3. The summed E-state index contributed by atoms with van der Waals surface area (Å²) in [5, 5.41) is 3.18. The Hall–Kier alpha value is -1.58. The van der Waals surface area contributed by atoms with Gasteiger partial charge in [0.25, 0.3) is 5.91 Å². The monoisotopic (exact) mass is 259 g/mol. The van der Waals surface area contributed by atoms with Gasteiger partial charge in [-0.05, 0) is 49.7 Å². The van der Waals surface area contributed by atoms with Crippen LogP contribution in [0.15, 0.2) is 12.1 Å². The molecule has 1 aromatic heterocycles. The smallest absolute Gasteiger partial charge is 0.251 e. The third-order valence-electron chi connectivity index (χ3n) is 4.58. The van der Waals surface area contributed by atoms with E-state index < -0.39 is 0 Å². The van der Waals surface area contributed by atoms with E-state index in [1.807, 2.05) is 13.0 Å². The van der Waals surface area contributed by atoms with E-state index in [0.29, 0.717) is 23.3 Å². The topological polar surface area (TPSA) is 68.0 Å². The first-order valence-electron chi connectivity index (χ1n) is 7.23. The van der Waals surface area contributed by atoms with E-state index in [1.54, 1.807) is 6.07 Å². The van der Waals surface area contributed by atoms with Crippen molar-refractivity contribution >= 4 is 11.7 Å². The van der Waals surface area contributed by atoms with Crippen molar-refractivity contribution in [1.82, 2.24) is 10.3 Å².